The number of nitrogens with zero attached hydrogens (tertiary/aromatic N) is 1. The van der Waals surface area contributed by atoms with Gasteiger partial charge in [-0.1, -0.05) is 60.7 Å². The van der Waals surface area contributed by atoms with Crippen molar-refractivity contribution < 1.29 is 4.79 Å². The summed E-state index contributed by atoms with van der Waals surface area (Å²) < 4.78 is 0. The lowest BCUT2D eigenvalue weighted by atomic mass is 9.99. The third-order valence-electron chi connectivity index (χ3n) is 3.85. The highest BCUT2D eigenvalue weighted by Gasteiger charge is 2.13. The third-order valence-corrected chi connectivity index (χ3v) is 4.66. The van der Waals surface area contributed by atoms with Gasteiger partial charge in [-0.05, 0) is 17.5 Å². The number of thiazole rings is 1. The zero-order chi connectivity index (χ0) is 17.5. The van der Waals surface area contributed by atoms with E-state index in [1.807, 2.05) is 17.5 Å². The van der Waals surface area contributed by atoms with Gasteiger partial charge in [0.15, 0.2) is 5.13 Å². The predicted molar refractivity (Wildman–Crippen MR) is 103 cm³/mol. The van der Waals surface area contributed by atoms with Gasteiger partial charge in [0.25, 0.3) is 0 Å². The van der Waals surface area contributed by atoms with Crippen LogP contribution < -0.4 is 10.6 Å². The van der Waals surface area contributed by atoms with Crippen molar-refractivity contribution in [3.8, 4) is 0 Å². The summed E-state index contributed by atoms with van der Waals surface area (Å²) in [6.07, 6.45) is 0.910. The van der Waals surface area contributed by atoms with Crippen LogP contribution in [0.3, 0.4) is 0 Å². The lowest BCUT2D eigenvalue weighted by Gasteiger charge is -2.19. The van der Waals surface area contributed by atoms with Gasteiger partial charge in [-0.3, -0.25) is 4.79 Å². The van der Waals surface area contributed by atoms with Gasteiger partial charge in [-0.2, -0.15) is 0 Å². The molecule has 2 N–H and O–H groups in total. The number of anilines is 1. The summed E-state index contributed by atoms with van der Waals surface area (Å²) in [5, 5.41) is 8.94. The van der Waals surface area contributed by atoms with Gasteiger partial charge in [0, 0.05) is 24.9 Å². The molecule has 1 aromatic heterocycles. The summed E-state index contributed by atoms with van der Waals surface area (Å²) in [5.74, 6) is -0.0971. The molecule has 1 amide bonds. The molecule has 1 heterocycles. The fourth-order valence-electron chi connectivity index (χ4n) is 2.67. The van der Waals surface area contributed by atoms with E-state index < -0.39 is 0 Å². The van der Waals surface area contributed by atoms with Crippen molar-refractivity contribution >= 4 is 22.4 Å². The first-order chi connectivity index (χ1) is 12.2. The lowest BCUT2D eigenvalue weighted by molar-refractivity contribution is -0.114. The quantitative estimate of drug-likeness (QED) is 0.671. The van der Waals surface area contributed by atoms with Crippen molar-refractivity contribution in [2.45, 2.75) is 25.9 Å². The van der Waals surface area contributed by atoms with Crippen molar-refractivity contribution in [1.82, 2.24) is 10.3 Å². The molecule has 0 aliphatic rings. The second-order valence-corrected chi connectivity index (χ2v) is 6.72. The van der Waals surface area contributed by atoms with Crippen LogP contribution in [0, 0.1) is 0 Å². The van der Waals surface area contributed by atoms with E-state index in [-0.39, 0.29) is 11.9 Å². The largest absolute Gasteiger partial charge is 0.304 e. The number of rotatable bonds is 7. The fraction of sp³-hybridized carbons (Fsp3) is 0.200. The van der Waals surface area contributed by atoms with Crippen molar-refractivity contribution in [3.63, 3.8) is 0 Å². The minimum Gasteiger partial charge on any atom is -0.304 e. The Kier molecular flexibility index (Phi) is 5.93. The number of hydrogen-bond donors (Lipinski definition) is 2. The molecule has 1 unspecified atom stereocenters. The summed E-state index contributed by atoms with van der Waals surface area (Å²) in [5.41, 5.74) is 3.48. The Morgan fingerprint density at radius 2 is 1.76 bits per heavy atom. The first-order valence-electron chi connectivity index (χ1n) is 8.25. The van der Waals surface area contributed by atoms with E-state index in [1.165, 1.54) is 29.4 Å². The van der Waals surface area contributed by atoms with Gasteiger partial charge < -0.3 is 10.6 Å². The number of benzene rings is 2. The zero-order valence-corrected chi connectivity index (χ0v) is 14.9. The number of hydrogen-bond acceptors (Lipinski definition) is 4. The van der Waals surface area contributed by atoms with Crippen LogP contribution in [0.4, 0.5) is 5.13 Å². The molecule has 4 nitrogen and oxygen atoms in total. The number of nitrogens with one attached hydrogen (secondary N) is 2. The van der Waals surface area contributed by atoms with Crippen molar-refractivity contribution in [2.75, 3.05) is 5.32 Å². The standard InChI is InChI=1S/C20H21N3OS/c1-15(24)22-20-23-18(14-25-20)13-21-19(17-10-6-3-7-11-17)12-16-8-4-2-5-9-16/h2-11,14,19,21H,12-13H2,1H3,(H,22,23,24). The highest BCUT2D eigenvalue weighted by atomic mass is 32.1. The van der Waals surface area contributed by atoms with Crippen LogP contribution in [0.1, 0.15) is 29.8 Å². The molecule has 0 saturated heterocycles. The minimum absolute atomic E-state index is 0.0971. The molecule has 25 heavy (non-hydrogen) atoms. The normalized spacial score (nSPS) is 11.9. The molecular weight excluding hydrogens is 330 g/mol. The van der Waals surface area contributed by atoms with Crippen molar-refractivity contribution in [3.05, 3.63) is 82.9 Å². The summed E-state index contributed by atoms with van der Waals surface area (Å²) >= 11 is 1.45. The van der Waals surface area contributed by atoms with Gasteiger partial charge in [0.2, 0.25) is 5.91 Å². The Balaban J connectivity index is 1.69. The molecule has 3 rings (SSSR count). The van der Waals surface area contributed by atoms with Gasteiger partial charge >= 0.3 is 0 Å². The van der Waals surface area contributed by atoms with Gasteiger partial charge in [-0.25, -0.2) is 4.98 Å². The third kappa shape index (κ3) is 5.24. The second-order valence-electron chi connectivity index (χ2n) is 5.86. The Hall–Kier alpha value is -2.50. The maximum atomic E-state index is 11.1. The van der Waals surface area contributed by atoms with E-state index in [2.05, 4.69) is 64.1 Å². The number of amides is 1. The molecule has 0 radical (unpaired) electrons. The van der Waals surface area contributed by atoms with E-state index in [4.69, 9.17) is 0 Å². The van der Waals surface area contributed by atoms with Crippen LogP contribution >= 0.6 is 11.3 Å². The maximum Gasteiger partial charge on any atom is 0.223 e. The first kappa shape index (κ1) is 17.3. The molecular formula is C20H21N3OS. The number of carbonyl (C=O) groups excluding carboxylic acids is 1. The topological polar surface area (TPSA) is 54.0 Å². The van der Waals surface area contributed by atoms with E-state index in [9.17, 15) is 4.79 Å². The summed E-state index contributed by atoms with van der Waals surface area (Å²) in [6, 6.07) is 21.1. The van der Waals surface area contributed by atoms with Crippen molar-refractivity contribution in [1.29, 1.82) is 0 Å². The Morgan fingerprint density at radius 1 is 1.08 bits per heavy atom. The molecule has 0 saturated carbocycles. The van der Waals surface area contributed by atoms with Crippen LogP contribution in [0.25, 0.3) is 0 Å². The molecule has 128 valence electrons. The maximum absolute atomic E-state index is 11.1. The predicted octanol–water partition coefficient (Wildman–Crippen LogP) is 4.18. The second kappa shape index (κ2) is 8.55. The first-order valence-corrected chi connectivity index (χ1v) is 9.13. The van der Waals surface area contributed by atoms with Crippen LogP contribution in [0.15, 0.2) is 66.0 Å². The fourth-order valence-corrected chi connectivity index (χ4v) is 3.42. The number of carbonyl (C=O) groups is 1. The molecule has 2 aromatic carbocycles. The molecule has 3 aromatic rings. The van der Waals surface area contributed by atoms with Crippen LogP contribution in [-0.2, 0) is 17.8 Å². The Bertz CT molecular complexity index is 802. The monoisotopic (exact) mass is 351 g/mol. The van der Waals surface area contributed by atoms with Crippen LogP contribution in [0.2, 0.25) is 0 Å². The Morgan fingerprint density at radius 3 is 2.44 bits per heavy atom. The van der Waals surface area contributed by atoms with Gasteiger partial charge in [0.05, 0.1) is 5.69 Å². The Labute approximate surface area is 151 Å². The molecule has 5 heteroatoms. The molecule has 0 aliphatic carbocycles. The van der Waals surface area contributed by atoms with Crippen LogP contribution in [-0.4, -0.2) is 10.9 Å². The summed E-state index contributed by atoms with van der Waals surface area (Å²) in [4.78, 5) is 15.6. The van der Waals surface area contributed by atoms with Gasteiger partial charge in [-0.15, -0.1) is 11.3 Å². The van der Waals surface area contributed by atoms with E-state index in [0.29, 0.717) is 11.7 Å². The molecule has 0 bridgehead atoms. The average molecular weight is 351 g/mol. The van der Waals surface area contributed by atoms with Crippen LogP contribution in [0.5, 0.6) is 0 Å². The van der Waals surface area contributed by atoms with E-state index >= 15 is 0 Å². The number of aromatic nitrogens is 1. The zero-order valence-electron chi connectivity index (χ0n) is 14.1. The minimum atomic E-state index is -0.0971. The van der Waals surface area contributed by atoms with E-state index in [1.54, 1.807) is 0 Å². The lowest BCUT2D eigenvalue weighted by Crippen LogP contribution is -2.23. The molecule has 0 fully saturated rings. The van der Waals surface area contributed by atoms with Gasteiger partial charge in [0.1, 0.15) is 0 Å². The highest BCUT2D eigenvalue weighted by Crippen LogP contribution is 2.20. The van der Waals surface area contributed by atoms with E-state index in [0.717, 1.165) is 12.1 Å². The molecule has 0 spiro atoms. The average Bonchev–Trinajstić information content (AvgIpc) is 3.07. The summed E-state index contributed by atoms with van der Waals surface area (Å²) in [7, 11) is 0. The van der Waals surface area contributed by atoms with Crippen molar-refractivity contribution in [2.24, 2.45) is 0 Å². The summed E-state index contributed by atoms with van der Waals surface area (Å²) in [6.45, 7) is 2.15. The molecule has 0 aliphatic heterocycles. The highest BCUT2D eigenvalue weighted by molar-refractivity contribution is 7.13. The smallest absolute Gasteiger partial charge is 0.223 e. The molecule has 1 atom stereocenters. The SMILES string of the molecule is CC(=O)Nc1nc(CNC(Cc2ccccc2)c2ccccc2)cs1.